The predicted molar refractivity (Wildman–Crippen MR) is 59.7 cm³/mol. The highest BCUT2D eigenvalue weighted by Gasteiger charge is 2.17. The number of nitrogens with two attached hydrogens (primary N) is 1. The Kier molecular flexibility index (Phi) is 5.01. The summed E-state index contributed by atoms with van der Waals surface area (Å²) in [7, 11) is 1.58. The summed E-state index contributed by atoms with van der Waals surface area (Å²) in [4.78, 5) is 11.6. The summed E-state index contributed by atoms with van der Waals surface area (Å²) in [5.74, 6) is 0.522. The van der Waals surface area contributed by atoms with E-state index in [2.05, 4.69) is 5.32 Å². The lowest BCUT2D eigenvalue weighted by atomic mass is 10.2. The number of carbonyl (C=O) groups is 1. The molecular formula is C11H18N2O3. The second-order valence-electron chi connectivity index (χ2n) is 3.63. The van der Waals surface area contributed by atoms with Crippen LogP contribution in [0.4, 0.5) is 0 Å². The molecule has 1 aromatic heterocycles. The van der Waals surface area contributed by atoms with Crippen molar-refractivity contribution in [2.24, 2.45) is 5.73 Å². The maximum Gasteiger partial charge on any atom is 0.237 e. The average Bonchev–Trinajstić information content (AvgIpc) is 2.79. The van der Waals surface area contributed by atoms with Gasteiger partial charge in [-0.05, 0) is 25.5 Å². The van der Waals surface area contributed by atoms with Gasteiger partial charge < -0.3 is 20.2 Å². The Hall–Kier alpha value is -1.33. The molecule has 3 N–H and O–H groups in total. The smallest absolute Gasteiger partial charge is 0.237 e. The minimum Gasteiger partial charge on any atom is -0.467 e. The van der Waals surface area contributed by atoms with Crippen molar-refractivity contribution in [3.8, 4) is 0 Å². The molecular weight excluding hydrogens is 208 g/mol. The van der Waals surface area contributed by atoms with Crippen molar-refractivity contribution in [3.05, 3.63) is 24.2 Å². The van der Waals surface area contributed by atoms with Gasteiger partial charge in [0.25, 0.3) is 0 Å². The maximum absolute atomic E-state index is 11.6. The van der Waals surface area contributed by atoms with Gasteiger partial charge in [-0.1, -0.05) is 0 Å². The predicted octanol–water partition coefficient (Wildman–Crippen LogP) is 0.821. The monoisotopic (exact) mass is 226 g/mol. The first-order valence-electron chi connectivity index (χ1n) is 5.23. The van der Waals surface area contributed by atoms with Crippen LogP contribution in [0.15, 0.2) is 22.8 Å². The van der Waals surface area contributed by atoms with Crippen molar-refractivity contribution in [1.82, 2.24) is 5.32 Å². The van der Waals surface area contributed by atoms with E-state index in [0.717, 1.165) is 0 Å². The van der Waals surface area contributed by atoms with Crippen molar-refractivity contribution in [3.63, 3.8) is 0 Å². The molecule has 0 fully saturated rings. The molecule has 1 amide bonds. The fraction of sp³-hybridized carbons (Fsp3) is 0.545. The third-order valence-electron chi connectivity index (χ3n) is 2.30. The van der Waals surface area contributed by atoms with Gasteiger partial charge in [-0.25, -0.2) is 0 Å². The number of rotatable bonds is 6. The molecule has 1 rings (SSSR count). The molecule has 16 heavy (non-hydrogen) atoms. The van der Waals surface area contributed by atoms with Crippen LogP contribution >= 0.6 is 0 Å². The Morgan fingerprint density at radius 2 is 2.44 bits per heavy atom. The largest absolute Gasteiger partial charge is 0.467 e. The van der Waals surface area contributed by atoms with Crippen LogP contribution in [-0.4, -0.2) is 25.7 Å². The Morgan fingerprint density at radius 3 is 3.00 bits per heavy atom. The number of furan rings is 1. The Labute approximate surface area is 94.9 Å². The first kappa shape index (κ1) is 12.7. The summed E-state index contributed by atoms with van der Waals surface area (Å²) in [5.41, 5.74) is 5.68. The molecule has 0 spiro atoms. The van der Waals surface area contributed by atoms with E-state index in [1.807, 2.05) is 13.0 Å². The molecule has 1 aromatic rings. The zero-order chi connectivity index (χ0) is 12.0. The van der Waals surface area contributed by atoms with Crippen LogP contribution in [0, 0.1) is 0 Å². The number of amides is 1. The van der Waals surface area contributed by atoms with Crippen LogP contribution in [0.2, 0.25) is 0 Å². The van der Waals surface area contributed by atoms with Gasteiger partial charge in [0.05, 0.1) is 18.3 Å². The van der Waals surface area contributed by atoms with Gasteiger partial charge in [0, 0.05) is 13.7 Å². The second kappa shape index (κ2) is 6.30. The quantitative estimate of drug-likeness (QED) is 0.752. The fourth-order valence-electron chi connectivity index (χ4n) is 1.31. The van der Waals surface area contributed by atoms with Gasteiger partial charge in [0.15, 0.2) is 0 Å². The van der Waals surface area contributed by atoms with Crippen molar-refractivity contribution in [2.75, 3.05) is 13.7 Å². The number of hydrogen-bond donors (Lipinski definition) is 2. The molecule has 0 bridgehead atoms. The van der Waals surface area contributed by atoms with Gasteiger partial charge >= 0.3 is 0 Å². The number of methoxy groups -OCH3 is 1. The van der Waals surface area contributed by atoms with Gasteiger partial charge in [-0.2, -0.15) is 0 Å². The maximum atomic E-state index is 11.6. The summed E-state index contributed by atoms with van der Waals surface area (Å²) >= 11 is 0. The molecule has 5 heteroatoms. The van der Waals surface area contributed by atoms with Crippen LogP contribution < -0.4 is 11.1 Å². The van der Waals surface area contributed by atoms with Crippen molar-refractivity contribution in [2.45, 2.75) is 25.4 Å². The standard InChI is InChI=1S/C11H18N2O3/c1-8(10-4-3-6-16-10)13-11(14)9(12)5-7-15-2/h3-4,6,8-9H,5,7,12H2,1-2H3,(H,13,14)/t8-,9?/m0/s1. The molecule has 0 aliphatic carbocycles. The number of ether oxygens (including phenoxy) is 1. The number of nitrogens with one attached hydrogen (secondary N) is 1. The molecule has 0 saturated heterocycles. The molecule has 0 saturated carbocycles. The molecule has 2 atom stereocenters. The lowest BCUT2D eigenvalue weighted by Gasteiger charge is -2.15. The lowest BCUT2D eigenvalue weighted by molar-refractivity contribution is -0.123. The minimum atomic E-state index is -0.544. The van der Waals surface area contributed by atoms with E-state index in [4.69, 9.17) is 14.9 Å². The second-order valence-corrected chi connectivity index (χ2v) is 3.63. The summed E-state index contributed by atoms with van der Waals surface area (Å²) < 4.78 is 10.0. The fourth-order valence-corrected chi connectivity index (χ4v) is 1.31. The van der Waals surface area contributed by atoms with Crippen molar-refractivity contribution >= 4 is 5.91 Å². The SMILES string of the molecule is COCCC(N)C(=O)N[C@@H](C)c1ccco1. The van der Waals surface area contributed by atoms with E-state index in [-0.39, 0.29) is 11.9 Å². The van der Waals surface area contributed by atoms with Crippen LogP contribution in [0.1, 0.15) is 25.1 Å². The van der Waals surface area contributed by atoms with Crippen LogP contribution in [0.25, 0.3) is 0 Å². The van der Waals surface area contributed by atoms with Gasteiger partial charge in [0.1, 0.15) is 5.76 Å². The van der Waals surface area contributed by atoms with Gasteiger partial charge in [0.2, 0.25) is 5.91 Å². The summed E-state index contributed by atoms with van der Waals surface area (Å²) in [6.45, 7) is 2.32. The van der Waals surface area contributed by atoms with Crippen LogP contribution in [0.5, 0.6) is 0 Å². The van der Waals surface area contributed by atoms with Gasteiger partial charge in [-0.3, -0.25) is 4.79 Å². The topological polar surface area (TPSA) is 77.5 Å². The molecule has 90 valence electrons. The van der Waals surface area contributed by atoms with E-state index in [0.29, 0.717) is 18.8 Å². The highest BCUT2D eigenvalue weighted by atomic mass is 16.5. The third-order valence-corrected chi connectivity index (χ3v) is 2.30. The molecule has 0 aromatic carbocycles. The molecule has 0 radical (unpaired) electrons. The van der Waals surface area contributed by atoms with Crippen molar-refractivity contribution in [1.29, 1.82) is 0 Å². The lowest BCUT2D eigenvalue weighted by Crippen LogP contribution is -2.42. The summed E-state index contributed by atoms with van der Waals surface area (Å²) in [5, 5.41) is 2.78. The highest BCUT2D eigenvalue weighted by Crippen LogP contribution is 2.12. The Bertz CT molecular complexity index is 311. The molecule has 5 nitrogen and oxygen atoms in total. The van der Waals surface area contributed by atoms with E-state index in [9.17, 15) is 4.79 Å². The first-order chi connectivity index (χ1) is 7.65. The molecule has 0 aliphatic heterocycles. The van der Waals surface area contributed by atoms with E-state index in [1.165, 1.54) is 0 Å². The molecule has 0 aliphatic rings. The molecule has 1 heterocycles. The average molecular weight is 226 g/mol. The van der Waals surface area contributed by atoms with Crippen molar-refractivity contribution < 1.29 is 13.9 Å². The number of carbonyl (C=O) groups excluding carboxylic acids is 1. The minimum absolute atomic E-state index is 0.170. The summed E-state index contributed by atoms with van der Waals surface area (Å²) in [6, 6.07) is 2.88. The normalized spacial score (nSPS) is 14.4. The zero-order valence-electron chi connectivity index (χ0n) is 9.60. The first-order valence-corrected chi connectivity index (χ1v) is 5.23. The van der Waals surface area contributed by atoms with Crippen LogP contribution in [-0.2, 0) is 9.53 Å². The van der Waals surface area contributed by atoms with E-state index >= 15 is 0 Å². The Morgan fingerprint density at radius 1 is 1.69 bits per heavy atom. The Balaban J connectivity index is 2.39. The van der Waals surface area contributed by atoms with E-state index < -0.39 is 6.04 Å². The highest BCUT2D eigenvalue weighted by molar-refractivity contribution is 5.81. The van der Waals surface area contributed by atoms with Gasteiger partial charge in [-0.15, -0.1) is 0 Å². The molecule has 1 unspecified atom stereocenters. The summed E-state index contributed by atoms with van der Waals surface area (Å²) in [6.07, 6.45) is 2.08. The number of hydrogen-bond acceptors (Lipinski definition) is 4. The third kappa shape index (κ3) is 3.67. The zero-order valence-corrected chi connectivity index (χ0v) is 9.60. The van der Waals surface area contributed by atoms with Crippen LogP contribution in [0.3, 0.4) is 0 Å². The van der Waals surface area contributed by atoms with E-state index in [1.54, 1.807) is 19.4 Å².